The first-order chi connectivity index (χ1) is 11.1. The lowest BCUT2D eigenvalue weighted by Gasteiger charge is -2.52. The molecule has 3 fully saturated rings. The summed E-state index contributed by atoms with van der Waals surface area (Å²) in [6.07, 6.45) is 5.61. The molecule has 0 aromatic carbocycles. The molecule has 7 heteroatoms. The Kier molecular flexibility index (Phi) is 6.07. The molecule has 0 saturated carbocycles. The summed E-state index contributed by atoms with van der Waals surface area (Å²) in [7, 11) is -0.503. The summed E-state index contributed by atoms with van der Waals surface area (Å²) in [6, 6.07) is 0. The molecular formula is C16H28BN3O3. The Morgan fingerprint density at radius 2 is 1.00 bits per heavy atom. The number of hydrogen-bond donors (Lipinski definition) is 0. The summed E-state index contributed by atoms with van der Waals surface area (Å²) in [4.78, 5) is 43.0. The van der Waals surface area contributed by atoms with E-state index in [-0.39, 0.29) is 17.7 Å². The number of unbranched alkanes of at least 4 members (excludes halogenated alkanes) is 3. The predicted octanol–water partition coefficient (Wildman–Crippen LogP) is 1.50. The van der Waals surface area contributed by atoms with E-state index < -0.39 is 13.0 Å². The summed E-state index contributed by atoms with van der Waals surface area (Å²) in [5.74, 6) is -2.01. The normalized spacial score (nSPS) is 18.7. The fourth-order valence-corrected chi connectivity index (χ4v) is 3.32. The zero-order valence-electron chi connectivity index (χ0n) is 14.6. The monoisotopic (exact) mass is 321 g/mol. The lowest BCUT2D eigenvalue weighted by molar-refractivity contribution is -0.159. The van der Waals surface area contributed by atoms with Crippen molar-refractivity contribution in [3.8, 4) is 0 Å². The number of carbonyl (C=O) groups excluding carboxylic acids is 3. The van der Waals surface area contributed by atoms with Gasteiger partial charge in [-0.15, -0.1) is 0 Å². The van der Waals surface area contributed by atoms with Crippen molar-refractivity contribution in [3.63, 3.8) is 0 Å². The van der Waals surface area contributed by atoms with Gasteiger partial charge in [0.15, 0.2) is 5.92 Å². The van der Waals surface area contributed by atoms with E-state index in [4.69, 9.17) is 0 Å². The molecule has 0 spiro atoms. The van der Waals surface area contributed by atoms with Crippen molar-refractivity contribution < 1.29 is 14.4 Å². The highest BCUT2D eigenvalue weighted by Gasteiger charge is 2.61. The van der Waals surface area contributed by atoms with Crippen LogP contribution in [-0.2, 0) is 14.4 Å². The van der Waals surface area contributed by atoms with Crippen molar-refractivity contribution in [2.24, 2.45) is 5.92 Å². The SMILES string of the molecule is CCCCN1B2N(CCCC)C(=O)C(C1=O)C(=O)N2CCCC. The molecule has 3 aliphatic heterocycles. The van der Waals surface area contributed by atoms with Crippen LogP contribution in [0.4, 0.5) is 0 Å². The zero-order chi connectivity index (χ0) is 17.0. The summed E-state index contributed by atoms with van der Waals surface area (Å²) in [6.45, 7) is 8.07. The summed E-state index contributed by atoms with van der Waals surface area (Å²) in [5, 5.41) is 0. The number of fused-ring (bicyclic) bond motifs is 3. The molecule has 23 heavy (non-hydrogen) atoms. The first kappa shape index (κ1) is 17.8. The highest BCUT2D eigenvalue weighted by Crippen LogP contribution is 2.30. The molecule has 6 nitrogen and oxygen atoms in total. The van der Waals surface area contributed by atoms with Crippen molar-refractivity contribution in [2.75, 3.05) is 19.6 Å². The lowest BCUT2D eigenvalue weighted by Crippen LogP contribution is -2.80. The fraction of sp³-hybridized carbons (Fsp3) is 0.812. The van der Waals surface area contributed by atoms with E-state index in [1.807, 2.05) is 0 Å². The quantitative estimate of drug-likeness (QED) is 0.478. The molecule has 3 amide bonds. The van der Waals surface area contributed by atoms with Gasteiger partial charge in [0.1, 0.15) is 0 Å². The minimum Gasteiger partial charge on any atom is -0.346 e. The van der Waals surface area contributed by atoms with Gasteiger partial charge >= 0.3 is 7.12 Å². The number of nitrogens with zero attached hydrogens (tertiary/aromatic N) is 3. The van der Waals surface area contributed by atoms with E-state index >= 15 is 0 Å². The standard InChI is InChI=1S/C16H28BN3O3/c1-4-7-10-18-14(21)13-15(22)19(11-8-5-2)17(18)20(16(13)23)12-9-6-3/h13H,4-12H2,1-3H3. The topological polar surface area (TPSA) is 60.9 Å². The van der Waals surface area contributed by atoms with Crippen LogP contribution in [0.15, 0.2) is 0 Å². The van der Waals surface area contributed by atoms with Crippen molar-refractivity contribution in [2.45, 2.75) is 59.3 Å². The first-order valence-electron chi connectivity index (χ1n) is 8.99. The van der Waals surface area contributed by atoms with Gasteiger partial charge in [0, 0.05) is 19.6 Å². The van der Waals surface area contributed by atoms with Crippen molar-refractivity contribution in [1.82, 2.24) is 14.4 Å². The summed E-state index contributed by atoms with van der Waals surface area (Å²) >= 11 is 0. The van der Waals surface area contributed by atoms with Crippen LogP contribution in [0.5, 0.6) is 0 Å². The van der Waals surface area contributed by atoms with Crippen molar-refractivity contribution in [1.29, 1.82) is 0 Å². The van der Waals surface area contributed by atoms with Gasteiger partial charge in [-0.1, -0.05) is 40.0 Å². The molecule has 0 aliphatic carbocycles. The summed E-state index contributed by atoms with van der Waals surface area (Å²) in [5.41, 5.74) is 0. The lowest BCUT2D eigenvalue weighted by atomic mass is 9.70. The Labute approximate surface area is 139 Å². The third-order valence-electron chi connectivity index (χ3n) is 4.68. The Bertz CT molecular complexity index is 405. The molecule has 3 aliphatic rings. The van der Waals surface area contributed by atoms with E-state index in [0.717, 1.165) is 38.5 Å². The predicted molar refractivity (Wildman–Crippen MR) is 89.1 cm³/mol. The van der Waals surface area contributed by atoms with Crippen LogP contribution in [0, 0.1) is 5.92 Å². The first-order valence-corrected chi connectivity index (χ1v) is 8.99. The number of amides is 3. The number of rotatable bonds is 9. The molecule has 0 unspecified atom stereocenters. The summed E-state index contributed by atoms with van der Waals surface area (Å²) < 4.78 is 0. The van der Waals surface area contributed by atoms with Crippen molar-refractivity contribution in [3.05, 3.63) is 0 Å². The third-order valence-corrected chi connectivity index (χ3v) is 4.68. The molecule has 0 atom stereocenters. The van der Waals surface area contributed by atoms with Gasteiger partial charge in [-0.2, -0.15) is 0 Å². The molecule has 3 rings (SSSR count). The van der Waals surface area contributed by atoms with Crippen LogP contribution in [0.3, 0.4) is 0 Å². The van der Waals surface area contributed by atoms with Gasteiger partial charge in [-0.05, 0) is 19.3 Å². The van der Waals surface area contributed by atoms with E-state index in [2.05, 4.69) is 20.8 Å². The van der Waals surface area contributed by atoms with E-state index in [0.29, 0.717) is 19.6 Å². The van der Waals surface area contributed by atoms with Gasteiger partial charge in [0.05, 0.1) is 0 Å². The van der Waals surface area contributed by atoms with Gasteiger partial charge < -0.3 is 14.4 Å². The van der Waals surface area contributed by atoms with Crippen LogP contribution in [0.1, 0.15) is 59.3 Å². The molecule has 0 aromatic rings. The Hall–Kier alpha value is -1.53. The molecule has 0 radical (unpaired) electrons. The zero-order valence-corrected chi connectivity index (χ0v) is 14.6. The minimum absolute atomic E-state index is 0.293. The molecular weight excluding hydrogens is 293 g/mol. The van der Waals surface area contributed by atoms with Gasteiger partial charge in [-0.25, -0.2) is 0 Å². The van der Waals surface area contributed by atoms with Crippen LogP contribution in [0.25, 0.3) is 0 Å². The Balaban J connectivity index is 2.30. The smallest absolute Gasteiger partial charge is 0.346 e. The average molecular weight is 321 g/mol. The minimum atomic E-state index is -1.13. The van der Waals surface area contributed by atoms with E-state index in [9.17, 15) is 14.4 Å². The fourth-order valence-electron chi connectivity index (χ4n) is 3.32. The van der Waals surface area contributed by atoms with Crippen LogP contribution >= 0.6 is 0 Å². The maximum atomic E-state index is 12.6. The number of carbonyl (C=O) groups is 3. The molecule has 0 aromatic heterocycles. The van der Waals surface area contributed by atoms with Crippen LogP contribution in [0.2, 0.25) is 0 Å². The maximum Gasteiger partial charge on any atom is 0.511 e. The van der Waals surface area contributed by atoms with E-state index in [1.54, 1.807) is 14.4 Å². The second kappa shape index (κ2) is 7.84. The molecule has 0 N–H and O–H groups in total. The third kappa shape index (κ3) is 3.24. The van der Waals surface area contributed by atoms with Gasteiger partial charge in [0.2, 0.25) is 17.7 Å². The molecule has 3 saturated heterocycles. The van der Waals surface area contributed by atoms with Gasteiger partial charge in [0.25, 0.3) is 0 Å². The molecule has 2 bridgehead atoms. The van der Waals surface area contributed by atoms with Crippen LogP contribution < -0.4 is 0 Å². The van der Waals surface area contributed by atoms with Crippen LogP contribution in [-0.4, -0.2) is 58.9 Å². The molecule has 128 valence electrons. The van der Waals surface area contributed by atoms with Gasteiger partial charge in [-0.3, -0.25) is 14.4 Å². The highest BCUT2D eigenvalue weighted by molar-refractivity contribution is 6.65. The molecule has 3 heterocycles. The second-order valence-corrected chi connectivity index (χ2v) is 6.43. The van der Waals surface area contributed by atoms with Crippen molar-refractivity contribution >= 4 is 24.8 Å². The average Bonchev–Trinajstić information content (AvgIpc) is 2.53. The van der Waals surface area contributed by atoms with E-state index in [1.165, 1.54) is 0 Å². The Morgan fingerprint density at radius 3 is 1.26 bits per heavy atom. The highest BCUT2D eigenvalue weighted by atomic mass is 16.2. The second-order valence-electron chi connectivity index (χ2n) is 6.43. The number of hydrogen-bond acceptors (Lipinski definition) is 3. The Morgan fingerprint density at radius 1 is 0.696 bits per heavy atom. The largest absolute Gasteiger partial charge is 0.511 e. The maximum absolute atomic E-state index is 12.6.